The van der Waals surface area contributed by atoms with E-state index in [2.05, 4.69) is 72.1 Å². The number of benzene rings is 1. The Bertz CT molecular complexity index is 402. The summed E-state index contributed by atoms with van der Waals surface area (Å²) in [4.78, 5) is 0. The maximum absolute atomic E-state index is 3.56. The molecule has 114 valence electrons. The standard InChI is InChI=1S/C19H33N/c1-8-15(9-2)19(20-7)17-11-10-16(13(3)4)12-18(17)14(5)6/h10-15,19-20H,8-9H2,1-7H3. The molecule has 1 atom stereocenters. The lowest BCUT2D eigenvalue weighted by Gasteiger charge is -2.29. The van der Waals surface area contributed by atoms with Gasteiger partial charge in [-0.3, -0.25) is 0 Å². The quantitative estimate of drug-likeness (QED) is 0.680. The fourth-order valence-electron chi connectivity index (χ4n) is 3.14. The van der Waals surface area contributed by atoms with Crippen LogP contribution in [0.15, 0.2) is 18.2 Å². The molecule has 0 amide bonds. The van der Waals surface area contributed by atoms with E-state index >= 15 is 0 Å². The predicted octanol–water partition coefficient (Wildman–Crippen LogP) is 5.63. The molecule has 1 unspecified atom stereocenters. The van der Waals surface area contributed by atoms with Gasteiger partial charge in [0.25, 0.3) is 0 Å². The smallest absolute Gasteiger partial charge is 0.0348 e. The summed E-state index contributed by atoms with van der Waals surface area (Å²) in [6, 6.07) is 7.59. The lowest BCUT2D eigenvalue weighted by molar-refractivity contribution is 0.357. The van der Waals surface area contributed by atoms with Crippen molar-refractivity contribution in [1.29, 1.82) is 0 Å². The van der Waals surface area contributed by atoms with Crippen molar-refractivity contribution in [1.82, 2.24) is 5.32 Å². The Morgan fingerprint density at radius 1 is 0.900 bits per heavy atom. The Labute approximate surface area is 126 Å². The molecule has 0 aliphatic rings. The topological polar surface area (TPSA) is 12.0 Å². The zero-order valence-corrected chi connectivity index (χ0v) is 14.5. The summed E-state index contributed by atoms with van der Waals surface area (Å²) >= 11 is 0. The molecular weight excluding hydrogens is 242 g/mol. The van der Waals surface area contributed by atoms with Crippen LogP contribution < -0.4 is 5.32 Å². The van der Waals surface area contributed by atoms with Gasteiger partial charge in [-0.1, -0.05) is 72.6 Å². The molecule has 0 saturated carbocycles. The van der Waals surface area contributed by atoms with Gasteiger partial charge in [-0.05, 0) is 41.5 Å². The molecule has 0 saturated heterocycles. The second kappa shape index (κ2) is 7.83. The van der Waals surface area contributed by atoms with Gasteiger partial charge < -0.3 is 5.32 Å². The van der Waals surface area contributed by atoms with E-state index in [0.717, 1.165) is 0 Å². The zero-order valence-electron chi connectivity index (χ0n) is 14.5. The van der Waals surface area contributed by atoms with E-state index in [1.807, 2.05) is 0 Å². The molecule has 1 N–H and O–H groups in total. The first kappa shape index (κ1) is 17.2. The van der Waals surface area contributed by atoms with Crippen LogP contribution >= 0.6 is 0 Å². The van der Waals surface area contributed by atoms with Crippen molar-refractivity contribution in [2.45, 2.75) is 72.3 Å². The van der Waals surface area contributed by atoms with E-state index in [9.17, 15) is 0 Å². The Morgan fingerprint density at radius 3 is 1.90 bits per heavy atom. The molecule has 1 heteroatoms. The molecule has 0 fully saturated rings. The Balaban J connectivity index is 3.27. The van der Waals surface area contributed by atoms with Gasteiger partial charge in [0.2, 0.25) is 0 Å². The maximum atomic E-state index is 3.56. The van der Waals surface area contributed by atoms with Gasteiger partial charge in [-0.15, -0.1) is 0 Å². The van der Waals surface area contributed by atoms with Crippen molar-refractivity contribution in [3.05, 3.63) is 34.9 Å². The van der Waals surface area contributed by atoms with Crippen molar-refractivity contribution in [3.63, 3.8) is 0 Å². The molecular formula is C19H33N. The summed E-state index contributed by atoms with van der Waals surface area (Å²) in [7, 11) is 2.10. The first-order valence-corrected chi connectivity index (χ1v) is 8.27. The van der Waals surface area contributed by atoms with Crippen LogP contribution in [0.25, 0.3) is 0 Å². The Morgan fingerprint density at radius 2 is 1.50 bits per heavy atom. The van der Waals surface area contributed by atoms with Crippen LogP contribution in [0.5, 0.6) is 0 Å². The summed E-state index contributed by atoms with van der Waals surface area (Å²) in [5.74, 6) is 1.89. The molecule has 0 spiro atoms. The molecule has 0 heterocycles. The normalized spacial score (nSPS) is 13.5. The van der Waals surface area contributed by atoms with Crippen molar-refractivity contribution in [2.24, 2.45) is 5.92 Å². The van der Waals surface area contributed by atoms with Crippen LogP contribution in [0, 0.1) is 5.92 Å². The minimum absolute atomic E-state index is 0.476. The van der Waals surface area contributed by atoms with Crippen LogP contribution in [0.2, 0.25) is 0 Å². The second-order valence-corrected chi connectivity index (χ2v) is 6.54. The zero-order chi connectivity index (χ0) is 15.3. The summed E-state index contributed by atoms with van der Waals surface area (Å²) in [5.41, 5.74) is 4.47. The fraction of sp³-hybridized carbons (Fsp3) is 0.684. The number of nitrogens with one attached hydrogen (secondary N) is 1. The molecule has 1 nitrogen and oxygen atoms in total. The van der Waals surface area contributed by atoms with Gasteiger partial charge in [-0.2, -0.15) is 0 Å². The average Bonchev–Trinajstić information content (AvgIpc) is 2.43. The van der Waals surface area contributed by atoms with E-state index in [1.165, 1.54) is 29.5 Å². The Kier molecular flexibility index (Phi) is 6.75. The van der Waals surface area contributed by atoms with Crippen molar-refractivity contribution >= 4 is 0 Å². The maximum Gasteiger partial charge on any atom is 0.0348 e. The van der Waals surface area contributed by atoms with Gasteiger partial charge in [0.15, 0.2) is 0 Å². The van der Waals surface area contributed by atoms with Crippen molar-refractivity contribution < 1.29 is 0 Å². The van der Waals surface area contributed by atoms with E-state index in [1.54, 1.807) is 0 Å². The van der Waals surface area contributed by atoms with Crippen molar-refractivity contribution in [2.75, 3.05) is 7.05 Å². The van der Waals surface area contributed by atoms with E-state index in [4.69, 9.17) is 0 Å². The van der Waals surface area contributed by atoms with E-state index in [-0.39, 0.29) is 0 Å². The number of hydrogen-bond acceptors (Lipinski definition) is 1. The number of rotatable bonds is 7. The highest BCUT2D eigenvalue weighted by atomic mass is 14.9. The van der Waals surface area contributed by atoms with Crippen molar-refractivity contribution in [3.8, 4) is 0 Å². The summed E-state index contributed by atoms with van der Waals surface area (Å²) in [6.45, 7) is 13.8. The first-order valence-electron chi connectivity index (χ1n) is 8.27. The highest BCUT2D eigenvalue weighted by Gasteiger charge is 2.22. The SMILES string of the molecule is CCC(CC)C(NC)c1ccc(C(C)C)cc1C(C)C. The number of hydrogen-bond donors (Lipinski definition) is 1. The molecule has 1 rings (SSSR count). The summed E-state index contributed by atoms with van der Waals surface area (Å²) < 4.78 is 0. The lowest BCUT2D eigenvalue weighted by atomic mass is 9.82. The molecule has 20 heavy (non-hydrogen) atoms. The molecule has 0 aliphatic heterocycles. The average molecular weight is 275 g/mol. The first-order chi connectivity index (χ1) is 9.46. The third-order valence-corrected chi connectivity index (χ3v) is 4.57. The largest absolute Gasteiger partial charge is 0.313 e. The van der Waals surface area contributed by atoms with Gasteiger partial charge >= 0.3 is 0 Å². The van der Waals surface area contributed by atoms with Crippen LogP contribution in [-0.2, 0) is 0 Å². The van der Waals surface area contributed by atoms with Gasteiger partial charge in [0.1, 0.15) is 0 Å². The Hall–Kier alpha value is -0.820. The molecule has 0 bridgehead atoms. The highest BCUT2D eigenvalue weighted by molar-refractivity contribution is 5.38. The van der Waals surface area contributed by atoms with Gasteiger partial charge in [0, 0.05) is 6.04 Å². The highest BCUT2D eigenvalue weighted by Crippen LogP contribution is 2.34. The predicted molar refractivity (Wildman–Crippen MR) is 90.5 cm³/mol. The molecule has 0 aromatic heterocycles. The molecule has 1 aromatic carbocycles. The van der Waals surface area contributed by atoms with Crippen LogP contribution in [0.1, 0.15) is 89.0 Å². The van der Waals surface area contributed by atoms with E-state index < -0.39 is 0 Å². The molecule has 1 aromatic rings. The second-order valence-electron chi connectivity index (χ2n) is 6.54. The van der Waals surface area contributed by atoms with Gasteiger partial charge in [0.05, 0.1) is 0 Å². The van der Waals surface area contributed by atoms with Crippen LogP contribution in [0.4, 0.5) is 0 Å². The van der Waals surface area contributed by atoms with E-state index in [0.29, 0.717) is 23.8 Å². The van der Waals surface area contributed by atoms with Crippen LogP contribution in [-0.4, -0.2) is 7.05 Å². The molecule has 0 aliphatic carbocycles. The lowest BCUT2D eigenvalue weighted by Crippen LogP contribution is -2.26. The monoisotopic (exact) mass is 275 g/mol. The third kappa shape index (κ3) is 3.85. The van der Waals surface area contributed by atoms with Gasteiger partial charge in [-0.25, -0.2) is 0 Å². The summed E-state index contributed by atoms with van der Waals surface area (Å²) in [6.07, 6.45) is 2.46. The minimum Gasteiger partial charge on any atom is -0.313 e. The third-order valence-electron chi connectivity index (χ3n) is 4.57. The fourth-order valence-corrected chi connectivity index (χ4v) is 3.14. The molecule has 0 radical (unpaired) electrons. The van der Waals surface area contributed by atoms with Crippen LogP contribution in [0.3, 0.4) is 0 Å². The summed E-state index contributed by atoms with van der Waals surface area (Å²) in [5, 5.41) is 3.56. The minimum atomic E-state index is 0.476.